The number of hydrogen-bond donors (Lipinski definition) is 1. The zero-order chi connectivity index (χ0) is 15.7. The molecule has 1 aromatic carbocycles. The molecule has 21 heavy (non-hydrogen) atoms. The van der Waals surface area contributed by atoms with Gasteiger partial charge in [0.15, 0.2) is 0 Å². The lowest BCUT2D eigenvalue weighted by Crippen LogP contribution is -2.49. The van der Waals surface area contributed by atoms with Crippen molar-refractivity contribution in [2.45, 2.75) is 50.7 Å². The van der Waals surface area contributed by atoms with E-state index in [2.05, 4.69) is 0 Å². The quantitative estimate of drug-likeness (QED) is 0.916. The Kier molecular flexibility index (Phi) is 4.51. The highest BCUT2D eigenvalue weighted by molar-refractivity contribution is 5.38. The molecule has 1 saturated carbocycles. The summed E-state index contributed by atoms with van der Waals surface area (Å²) < 4.78 is 44.2. The lowest BCUT2D eigenvalue weighted by atomic mass is 9.73. The van der Waals surface area contributed by atoms with Crippen LogP contribution in [0.1, 0.15) is 36.8 Å². The van der Waals surface area contributed by atoms with Crippen LogP contribution in [0.3, 0.4) is 0 Å². The normalized spacial score (nSPS) is 26.7. The number of halogens is 3. The molecule has 0 saturated heterocycles. The fourth-order valence-electron chi connectivity index (χ4n) is 3.26. The molecule has 0 radical (unpaired) electrons. The van der Waals surface area contributed by atoms with Gasteiger partial charge >= 0.3 is 6.18 Å². The predicted octanol–water partition coefficient (Wildman–Crippen LogP) is 4.00. The minimum absolute atomic E-state index is 0.00635. The highest BCUT2D eigenvalue weighted by Crippen LogP contribution is 2.42. The smallest absolute Gasteiger partial charge is 0.391 e. The number of aryl methyl sites for hydroxylation is 1. The second-order valence-electron chi connectivity index (χ2n) is 6.19. The average molecular weight is 301 g/mol. The maximum Gasteiger partial charge on any atom is 0.391 e. The molecule has 1 aliphatic rings. The van der Waals surface area contributed by atoms with Gasteiger partial charge in [-0.3, -0.25) is 0 Å². The Balaban J connectivity index is 2.19. The van der Waals surface area contributed by atoms with Gasteiger partial charge in [-0.2, -0.15) is 13.2 Å². The highest BCUT2D eigenvalue weighted by atomic mass is 19.4. The van der Waals surface area contributed by atoms with Crippen LogP contribution in [-0.2, 0) is 6.42 Å². The molecule has 2 rings (SSSR count). The summed E-state index contributed by atoms with van der Waals surface area (Å²) in [6, 6.07) is 5.72. The van der Waals surface area contributed by atoms with Crippen molar-refractivity contribution in [3.63, 3.8) is 0 Å². The summed E-state index contributed by atoms with van der Waals surface area (Å²) in [4.78, 5) is 0. The SMILES string of the molecule is COc1ccc(C)cc1CC1(N)CCCC(C(F)(F)F)C1. The minimum Gasteiger partial charge on any atom is -0.496 e. The second kappa shape index (κ2) is 5.87. The van der Waals surface area contributed by atoms with Gasteiger partial charge in [0.1, 0.15) is 5.75 Å². The van der Waals surface area contributed by atoms with Gasteiger partial charge in [0, 0.05) is 5.54 Å². The summed E-state index contributed by atoms with van der Waals surface area (Å²) in [6.07, 6.45) is -2.40. The van der Waals surface area contributed by atoms with E-state index in [1.807, 2.05) is 25.1 Å². The van der Waals surface area contributed by atoms with Crippen LogP contribution in [0.15, 0.2) is 18.2 Å². The van der Waals surface area contributed by atoms with Crippen molar-refractivity contribution < 1.29 is 17.9 Å². The summed E-state index contributed by atoms with van der Waals surface area (Å²) in [5.74, 6) is -0.591. The summed E-state index contributed by atoms with van der Waals surface area (Å²) >= 11 is 0. The zero-order valence-corrected chi connectivity index (χ0v) is 12.5. The molecule has 2 N–H and O–H groups in total. The van der Waals surface area contributed by atoms with Gasteiger partial charge in [-0.1, -0.05) is 24.1 Å². The van der Waals surface area contributed by atoms with E-state index in [1.54, 1.807) is 7.11 Å². The van der Waals surface area contributed by atoms with E-state index in [1.165, 1.54) is 0 Å². The molecule has 2 atom stereocenters. The van der Waals surface area contributed by atoms with Crippen molar-refractivity contribution in [2.75, 3.05) is 7.11 Å². The molecule has 2 nitrogen and oxygen atoms in total. The molecule has 0 heterocycles. The van der Waals surface area contributed by atoms with Gasteiger partial charge in [-0.15, -0.1) is 0 Å². The molecule has 1 aromatic rings. The topological polar surface area (TPSA) is 35.2 Å². The Morgan fingerprint density at radius 1 is 1.38 bits per heavy atom. The van der Waals surface area contributed by atoms with E-state index in [4.69, 9.17) is 10.5 Å². The molecule has 0 spiro atoms. The van der Waals surface area contributed by atoms with Crippen molar-refractivity contribution in [3.8, 4) is 5.75 Å². The molecule has 0 aromatic heterocycles. The third-order valence-corrected chi connectivity index (χ3v) is 4.32. The molecule has 118 valence electrons. The molecular weight excluding hydrogens is 279 g/mol. The third-order valence-electron chi connectivity index (χ3n) is 4.32. The summed E-state index contributed by atoms with van der Waals surface area (Å²) in [5.41, 5.74) is 7.44. The van der Waals surface area contributed by atoms with Crippen LogP contribution in [0.2, 0.25) is 0 Å². The van der Waals surface area contributed by atoms with Crippen LogP contribution in [-0.4, -0.2) is 18.8 Å². The lowest BCUT2D eigenvalue weighted by Gasteiger charge is -2.39. The van der Waals surface area contributed by atoms with Gasteiger partial charge in [0.2, 0.25) is 0 Å². The molecule has 0 aliphatic heterocycles. The maximum atomic E-state index is 13.0. The average Bonchev–Trinajstić information content (AvgIpc) is 2.37. The zero-order valence-electron chi connectivity index (χ0n) is 12.5. The Morgan fingerprint density at radius 3 is 2.71 bits per heavy atom. The van der Waals surface area contributed by atoms with Crippen LogP contribution in [0.4, 0.5) is 13.2 Å². The minimum atomic E-state index is -4.15. The maximum absolute atomic E-state index is 13.0. The van der Waals surface area contributed by atoms with Gasteiger partial charge in [0.05, 0.1) is 13.0 Å². The first kappa shape index (κ1) is 16.1. The van der Waals surface area contributed by atoms with Gasteiger partial charge in [-0.25, -0.2) is 0 Å². The number of rotatable bonds is 3. The summed E-state index contributed by atoms with van der Waals surface area (Å²) in [6.45, 7) is 1.95. The van der Waals surface area contributed by atoms with Crippen molar-refractivity contribution in [1.29, 1.82) is 0 Å². The third kappa shape index (κ3) is 3.90. The van der Waals surface area contributed by atoms with Crippen molar-refractivity contribution in [2.24, 2.45) is 11.7 Å². The van der Waals surface area contributed by atoms with Crippen LogP contribution in [0.5, 0.6) is 5.75 Å². The fourth-order valence-corrected chi connectivity index (χ4v) is 3.26. The van der Waals surface area contributed by atoms with E-state index in [-0.39, 0.29) is 12.8 Å². The summed E-state index contributed by atoms with van der Waals surface area (Å²) in [7, 11) is 1.57. The first-order valence-corrected chi connectivity index (χ1v) is 7.23. The Bertz CT molecular complexity index is 501. The van der Waals surface area contributed by atoms with Gasteiger partial charge < -0.3 is 10.5 Å². The molecule has 1 aliphatic carbocycles. The standard InChI is InChI=1S/C16H22F3NO/c1-11-5-6-14(21-2)12(8-11)9-15(20)7-3-4-13(10-15)16(17,18)19/h5-6,8,13H,3-4,7,9-10,20H2,1-2H3. The lowest BCUT2D eigenvalue weighted by molar-refractivity contribution is -0.187. The van der Waals surface area contributed by atoms with E-state index in [0.717, 1.165) is 11.1 Å². The van der Waals surface area contributed by atoms with E-state index >= 15 is 0 Å². The van der Waals surface area contributed by atoms with Gasteiger partial charge in [0.25, 0.3) is 0 Å². The first-order chi connectivity index (χ1) is 9.73. The van der Waals surface area contributed by atoms with Gasteiger partial charge in [-0.05, 0) is 44.2 Å². The molecule has 0 bridgehead atoms. The Morgan fingerprint density at radius 2 is 2.10 bits per heavy atom. The van der Waals surface area contributed by atoms with Crippen molar-refractivity contribution >= 4 is 0 Å². The van der Waals surface area contributed by atoms with Crippen LogP contribution in [0.25, 0.3) is 0 Å². The number of alkyl halides is 3. The van der Waals surface area contributed by atoms with E-state index in [9.17, 15) is 13.2 Å². The first-order valence-electron chi connectivity index (χ1n) is 7.23. The Labute approximate surface area is 123 Å². The molecule has 0 amide bonds. The highest BCUT2D eigenvalue weighted by Gasteiger charge is 2.46. The number of benzene rings is 1. The second-order valence-corrected chi connectivity index (χ2v) is 6.19. The van der Waals surface area contributed by atoms with Crippen LogP contribution in [0, 0.1) is 12.8 Å². The van der Waals surface area contributed by atoms with Crippen LogP contribution < -0.4 is 10.5 Å². The van der Waals surface area contributed by atoms with Crippen LogP contribution >= 0.6 is 0 Å². The number of nitrogens with two attached hydrogens (primary N) is 1. The van der Waals surface area contributed by atoms with E-state index < -0.39 is 17.6 Å². The molecular formula is C16H22F3NO. The predicted molar refractivity (Wildman–Crippen MR) is 76.4 cm³/mol. The number of hydrogen-bond acceptors (Lipinski definition) is 2. The van der Waals surface area contributed by atoms with Crippen molar-refractivity contribution in [1.82, 2.24) is 0 Å². The summed E-state index contributed by atoms with van der Waals surface area (Å²) in [5, 5.41) is 0. The van der Waals surface area contributed by atoms with E-state index in [0.29, 0.717) is 25.0 Å². The molecule has 5 heteroatoms. The monoisotopic (exact) mass is 301 g/mol. The van der Waals surface area contributed by atoms with Crippen molar-refractivity contribution in [3.05, 3.63) is 29.3 Å². The largest absolute Gasteiger partial charge is 0.496 e. The Hall–Kier alpha value is -1.23. The molecule has 1 fully saturated rings. The number of ether oxygens (including phenoxy) is 1. The molecule has 2 unspecified atom stereocenters. The number of methoxy groups -OCH3 is 1. The fraction of sp³-hybridized carbons (Fsp3) is 0.625.